The van der Waals surface area contributed by atoms with E-state index in [0.29, 0.717) is 25.6 Å². The number of benzene rings is 2. The van der Waals surface area contributed by atoms with E-state index in [9.17, 15) is 31.9 Å². The molecule has 0 amide bonds. The lowest BCUT2D eigenvalue weighted by molar-refractivity contribution is -0.142. The van der Waals surface area contributed by atoms with Crippen LogP contribution in [0, 0.1) is 11.6 Å². The number of anilines is 1. The summed E-state index contributed by atoms with van der Waals surface area (Å²) in [5.41, 5.74) is -5.17. The molecule has 47 heavy (non-hydrogen) atoms. The van der Waals surface area contributed by atoms with Crippen LogP contribution in [-0.4, -0.2) is 81.1 Å². The van der Waals surface area contributed by atoms with E-state index in [1.807, 2.05) is 0 Å². The van der Waals surface area contributed by atoms with Crippen LogP contribution in [0.4, 0.5) is 32.2 Å². The van der Waals surface area contributed by atoms with Crippen molar-refractivity contribution >= 4 is 27.5 Å². The van der Waals surface area contributed by atoms with Crippen molar-refractivity contribution in [2.24, 2.45) is 0 Å². The van der Waals surface area contributed by atoms with Gasteiger partial charge in [0.15, 0.2) is 11.6 Å². The zero-order valence-electron chi connectivity index (χ0n) is 26.8. The van der Waals surface area contributed by atoms with Gasteiger partial charge in [-0.2, -0.15) is 23.1 Å². The van der Waals surface area contributed by atoms with Crippen LogP contribution in [0.15, 0.2) is 35.1 Å². The summed E-state index contributed by atoms with van der Waals surface area (Å²) in [4.78, 5) is 26.3. The Balaban J connectivity index is 1.35. The third-order valence-corrected chi connectivity index (χ3v) is 9.87. The number of rotatable bonds is 5. The van der Waals surface area contributed by atoms with Crippen LogP contribution < -0.4 is 20.5 Å². The van der Waals surface area contributed by atoms with Crippen LogP contribution in [0.2, 0.25) is 0 Å². The molecule has 5 aliphatic heterocycles. The first-order valence-corrected chi connectivity index (χ1v) is 15.4. The summed E-state index contributed by atoms with van der Waals surface area (Å²) in [6.45, 7) is -1.28. The van der Waals surface area contributed by atoms with Gasteiger partial charge in [0.25, 0.3) is 5.56 Å². The molecule has 2 aromatic heterocycles. The number of hydrogen-bond donors (Lipinski definition) is 2. The molecular weight excluding hydrogens is 630 g/mol. The Bertz CT molecular complexity index is 2070. The fourth-order valence-electron chi connectivity index (χ4n) is 7.66. The number of phenols is 1. The largest absolute Gasteiger partial charge is 0.508 e. The van der Waals surface area contributed by atoms with Crippen LogP contribution in [0.25, 0.3) is 27.4 Å². The van der Waals surface area contributed by atoms with Gasteiger partial charge in [-0.15, -0.1) is 0 Å². The van der Waals surface area contributed by atoms with Crippen molar-refractivity contribution in [3.8, 4) is 17.4 Å². The molecule has 5 saturated heterocycles. The number of pyridine rings is 1. The van der Waals surface area contributed by atoms with Crippen LogP contribution >= 0.6 is 0 Å². The molecule has 0 spiro atoms. The average molecular weight is 663 g/mol. The quantitative estimate of drug-likeness (QED) is 0.294. The molecule has 0 saturated carbocycles. The van der Waals surface area contributed by atoms with E-state index in [2.05, 4.69) is 15.3 Å². The molecule has 0 radical (unpaired) electrons. The fourth-order valence-corrected chi connectivity index (χ4v) is 7.66. The number of alkyl halides is 4. The lowest BCUT2D eigenvalue weighted by Crippen LogP contribution is -2.61. The highest BCUT2D eigenvalue weighted by Crippen LogP contribution is 2.42. The maximum Gasteiger partial charge on any atom is 0.431 e. The van der Waals surface area contributed by atoms with Gasteiger partial charge >= 0.3 is 12.2 Å². The van der Waals surface area contributed by atoms with Gasteiger partial charge in [0.2, 0.25) is 0 Å². The number of halogens is 6. The number of phenolic OH excluding ortho intramolecular Hbond substituents is 1. The van der Waals surface area contributed by atoms with E-state index in [4.69, 9.17) is 7.48 Å². The average Bonchev–Trinajstić information content (AvgIpc) is 3.52. The highest BCUT2D eigenvalue weighted by molar-refractivity contribution is 5.94. The topological polar surface area (TPSA) is 95.8 Å². The molecule has 0 aliphatic carbocycles. The van der Waals surface area contributed by atoms with Crippen molar-refractivity contribution in [2.75, 3.05) is 37.6 Å². The third-order valence-electron chi connectivity index (χ3n) is 9.87. The van der Waals surface area contributed by atoms with Crippen molar-refractivity contribution in [3.05, 3.63) is 58.0 Å². The monoisotopic (exact) mass is 662 g/mol. The molecule has 9 rings (SSSR count). The molecule has 5 fully saturated rings. The number of fused-ring (bicyclic) bond motifs is 6. The highest BCUT2D eigenvalue weighted by atomic mass is 19.4. The number of piperazine rings is 1. The maximum absolute atomic E-state index is 15.3. The zero-order chi connectivity index (χ0) is 34.6. The van der Waals surface area contributed by atoms with Crippen LogP contribution in [0.1, 0.15) is 40.5 Å². The summed E-state index contributed by atoms with van der Waals surface area (Å²) in [6, 6.07) is 3.73. The third kappa shape index (κ3) is 4.88. The van der Waals surface area contributed by atoms with Gasteiger partial charge in [-0.05, 0) is 55.8 Å². The van der Waals surface area contributed by atoms with Crippen LogP contribution in [-0.2, 0) is 6.18 Å². The maximum atomic E-state index is 15.3. The minimum Gasteiger partial charge on any atom is -0.508 e. The summed E-state index contributed by atoms with van der Waals surface area (Å²) in [7, 11) is 0. The normalized spacial score (nSPS) is 27.8. The van der Waals surface area contributed by atoms with Crippen LogP contribution in [0.3, 0.4) is 0 Å². The van der Waals surface area contributed by atoms with E-state index in [1.165, 1.54) is 4.90 Å². The summed E-state index contributed by atoms with van der Waals surface area (Å²) < 4.78 is 112. The molecule has 7 heterocycles. The van der Waals surface area contributed by atoms with Crippen molar-refractivity contribution in [3.63, 3.8) is 0 Å². The lowest BCUT2D eigenvalue weighted by atomic mass is 9.93. The fraction of sp³-hybridized carbons (Fsp3) is 0.469. The molecule has 2 unspecified atom stereocenters. The Hall–Kier alpha value is -4.11. The lowest BCUT2D eigenvalue weighted by Gasteiger charge is -2.46. The Morgan fingerprint density at radius 1 is 1.15 bits per heavy atom. The Morgan fingerprint density at radius 2 is 1.98 bits per heavy atom. The first kappa shape index (κ1) is 28.0. The molecule has 15 heteroatoms. The molecule has 4 atom stereocenters. The van der Waals surface area contributed by atoms with Crippen molar-refractivity contribution in [1.82, 2.24) is 24.8 Å². The second kappa shape index (κ2) is 10.7. The summed E-state index contributed by atoms with van der Waals surface area (Å²) in [5.74, 6) is -3.47. The predicted molar refractivity (Wildman–Crippen MR) is 160 cm³/mol. The van der Waals surface area contributed by atoms with Crippen molar-refractivity contribution in [1.29, 1.82) is 0 Å². The van der Waals surface area contributed by atoms with Crippen molar-refractivity contribution < 1.29 is 38.9 Å². The van der Waals surface area contributed by atoms with Crippen molar-refractivity contribution in [2.45, 2.75) is 62.1 Å². The Morgan fingerprint density at radius 3 is 2.70 bits per heavy atom. The first-order chi connectivity index (χ1) is 23.1. The van der Waals surface area contributed by atoms with E-state index < -0.39 is 69.6 Å². The van der Waals surface area contributed by atoms with E-state index in [-0.39, 0.29) is 71.7 Å². The minimum atomic E-state index is -5.20. The van der Waals surface area contributed by atoms with E-state index in [1.54, 1.807) is 4.90 Å². The summed E-state index contributed by atoms with van der Waals surface area (Å²) in [6.07, 6.45) is -4.58. The molecule has 9 nitrogen and oxygen atoms in total. The predicted octanol–water partition coefficient (Wildman–Crippen LogP) is 4.83. The van der Waals surface area contributed by atoms with Gasteiger partial charge in [-0.1, -0.05) is 6.07 Å². The van der Waals surface area contributed by atoms with Gasteiger partial charge in [0, 0.05) is 52.3 Å². The van der Waals surface area contributed by atoms with E-state index >= 15 is 4.39 Å². The van der Waals surface area contributed by atoms with Gasteiger partial charge in [0.1, 0.15) is 35.6 Å². The summed E-state index contributed by atoms with van der Waals surface area (Å²) >= 11 is 0. The number of nitrogens with zero attached hydrogens (tertiary/aromatic N) is 5. The molecule has 5 aliphatic rings. The molecular formula is C32H30F6N6O3. The smallest absolute Gasteiger partial charge is 0.431 e. The second-order valence-electron chi connectivity index (χ2n) is 12.8. The molecule has 2 N–H and O–H groups in total. The summed E-state index contributed by atoms with van der Waals surface area (Å²) in [5, 5.41) is 12.7. The number of hydrogen-bond acceptors (Lipinski definition) is 8. The van der Waals surface area contributed by atoms with Gasteiger partial charge in [-0.3, -0.25) is 14.3 Å². The van der Waals surface area contributed by atoms with E-state index in [0.717, 1.165) is 30.7 Å². The number of aromatic nitrogens is 3. The second-order valence-corrected chi connectivity index (χ2v) is 12.8. The molecule has 4 aromatic rings. The SMILES string of the molecule is [2H]C1([2H])CC[C@@]2(COc3nc(N4CC5CCC4CN5)c4cc(C(F)(F)F)n(-c5cc(O)cc6ccc(F)c(F)c56)c(=O)c4n3)C[C@@H](F)CN12. The Kier molecular flexibility index (Phi) is 6.37. The number of piperidine rings is 2. The van der Waals surface area contributed by atoms with Gasteiger partial charge in [0.05, 0.1) is 16.6 Å². The number of ether oxygens (including phenoxy) is 1. The number of nitrogens with one attached hydrogen (secondary N) is 1. The first-order valence-electron chi connectivity index (χ1n) is 16.4. The van der Waals surface area contributed by atoms with Gasteiger partial charge < -0.3 is 20.1 Å². The number of aromatic hydroxyl groups is 1. The molecule has 248 valence electrons. The molecule has 2 bridgehead atoms. The molecule has 2 aromatic carbocycles. The van der Waals surface area contributed by atoms with Gasteiger partial charge in [-0.25, -0.2) is 13.2 Å². The minimum absolute atomic E-state index is 0.00603. The van der Waals surface area contributed by atoms with Crippen LogP contribution in [0.5, 0.6) is 11.8 Å². The highest BCUT2D eigenvalue weighted by Gasteiger charge is 2.49. The Labute approximate surface area is 266 Å². The zero-order valence-corrected chi connectivity index (χ0v) is 24.8. The standard InChI is InChI=1S/C32H30F6N6O3/c33-17-11-31(6-1-7-42(31)13-17)15-47-30-40-27-21(28(41-30)43-14-18-3-4-19(43)12-39-18)10-24(32(36,37)38)44(29(27)46)23-9-20(45)8-16-2-5-22(34)26(35)25(16)23/h2,5,8-10,17-19,39,45H,1,3-4,6-7,11-15H2/t17-,18?,19?,31+/m1/s1/i7D2.